The lowest BCUT2D eigenvalue weighted by molar-refractivity contribution is -0.136. The second-order valence-corrected chi connectivity index (χ2v) is 5.26. The summed E-state index contributed by atoms with van der Waals surface area (Å²) in [5.41, 5.74) is 13.6. The second kappa shape index (κ2) is 5.05. The molecule has 3 rings (SSSR count). The Labute approximate surface area is 121 Å². The van der Waals surface area contributed by atoms with Crippen molar-refractivity contribution in [3.8, 4) is 0 Å². The summed E-state index contributed by atoms with van der Waals surface area (Å²) in [6, 6.07) is 7.48. The number of nitrogen functional groups attached to an aromatic ring is 1. The molecule has 0 aliphatic carbocycles. The number of likely N-dealkylation sites (tertiary alicyclic amines) is 1. The van der Waals surface area contributed by atoms with Crippen molar-refractivity contribution in [2.45, 2.75) is 13.0 Å². The lowest BCUT2D eigenvalue weighted by atomic mass is 10.1. The van der Waals surface area contributed by atoms with Crippen molar-refractivity contribution in [1.82, 2.24) is 9.88 Å². The van der Waals surface area contributed by atoms with Crippen LogP contribution in [0.25, 0.3) is 10.9 Å². The van der Waals surface area contributed by atoms with E-state index >= 15 is 0 Å². The number of aromatic nitrogens is 1. The van der Waals surface area contributed by atoms with Crippen molar-refractivity contribution >= 4 is 28.4 Å². The van der Waals surface area contributed by atoms with Gasteiger partial charge in [-0.1, -0.05) is 6.07 Å². The first kappa shape index (κ1) is 13.4. The maximum absolute atomic E-state index is 12.1. The molecule has 1 fully saturated rings. The summed E-state index contributed by atoms with van der Waals surface area (Å²) in [6.07, 6.45) is 2.16. The van der Waals surface area contributed by atoms with Crippen LogP contribution in [0.4, 0.5) is 5.69 Å². The van der Waals surface area contributed by atoms with Gasteiger partial charge in [-0.25, -0.2) is 0 Å². The Morgan fingerprint density at radius 3 is 2.90 bits per heavy atom. The average Bonchev–Trinajstić information content (AvgIpc) is 2.81. The van der Waals surface area contributed by atoms with Crippen molar-refractivity contribution in [3.63, 3.8) is 0 Å². The minimum atomic E-state index is -0.683. The van der Waals surface area contributed by atoms with Crippen molar-refractivity contribution in [2.75, 3.05) is 12.3 Å². The first-order valence-corrected chi connectivity index (χ1v) is 6.77. The predicted octanol–water partition coefficient (Wildman–Crippen LogP) is 0.651. The number of amides is 2. The largest absolute Gasteiger partial charge is 0.398 e. The van der Waals surface area contributed by atoms with Crippen LogP contribution in [0.1, 0.15) is 12.0 Å². The molecular formula is C15H16N4O2. The molecule has 0 spiro atoms. The summed E-state index contributed by atoms with van der Waals surface area (Å²) in [6.45, 7) is 1.000. The zero-order valence-corrected chi connectivity index (χ0v) is 11.5. The van der Waals surface area contributed by atoms with Crippen molar-refractivity contribution in [3.05, 3.63) is 36.0 Å². The number of carbonyl (C=O) groups excluding carboxylic acids is 2. The average molecular weight is 284 g/mol. The third kappa shape index (κ3) is 2.40. The summed E-state index contributed by atoms with van der Waals surface area (Å²) in [7, 11) is 0. The molecule has 6 nitrogen and oxygen atoms in total. The van der Waals surface area contributed by atoms with Gasteiger partial charge in [0.25, 0.3) is 0 Å². The fourth-order valence-electron chi connectivity index (χ4n) is 2.69. The van der Waals surface area contributed by atoms with Gasteiger partial charge in [-0.15, -0.1) is 0 Å². The number of carbonyl (C=O) groups is 2. The smallest absolute Gasteiger partial charge is 0.235 e. The standard InChI is InChI=1S/C15H16N4O2/c16-12-3-5-18-13-2-1-9(7-11(12)13)8-19-6-4-10(14(17)20)15(19)21/h1-3,5,7,10H,4,6,8H2,(H2,16,18)(H2,17,20)/t10-/m0/s1. The highest BCUT2D eigenvalue weighted by atomic mass is 16.2. The Kier molecular flexibility index (Phi) is 3.21. The molecule has 1 aliphatic rings. The number of fused-ring (bicyclic) bond motifs is 1. The van der Waals surface area contributed by atoms with E-state index in [1.165, 1.54) is 0 Å². The van der Waals surface area contributed by atoms with Crippen LogP contribution in [0.5, 0.6) is 0 Å². The van der Waals surface area contributed by atoms with E-state index in [0.717, 1.165) is 16.5 Å². The van der Waals surface area contributed by atoms with E-state index in [4.69, 9.17) is 11.5 Å². The van der Waals surface area contributed by atoms with Gasteiger partial charge in [0, 0.05) is 30.4 Å². The molecule has 0 radical (unpaired) electrons. The van der Waals surface area contributed by atoms with Gasteiger partial charge in [-0.3, -0.25) is 14.6 Å². The van der Waals surface area contributed by atoms with Crippen LogP contribution < -0.4 is 11.5 Å². The number of benzene rings is 1. The molecule has 2 aromatic rings. The number of primary amides is 1. The molecule has 1 atom stereocenters. The third-order valence-corrected chi connectivity index (χ3v) is 3.85. The summed E-state index contributed by atoms with van der Waals surface area (Å²) >= 11 is 0. The third-order valence-electron chi connectivity index (χ3n) is 3.85. The molecule has 1 saturated heterocycles. The van der Waals surface area contributed by atoms with Gasteiger partial charge < -0.3 is 16.4 Å². The highest BCUT2D eigenvalue weighted by molar-refractivity contribution is 6.01. The molecule has 1 aromatic heterocycles. The first-order valence-electron chi connectivity index (χ1n) is 6.77. The Morgan fingerprint density at radius 2 is 2.19 bits per heavy atom. The minimum Gasteiger partial charge on any atom is -0.398 e. The number of pyridine rings is 1. The first-order chi connectivity index (χ1) is 10.1. The second-order valence-electron chi connectivity index (χ2n) is 5.26. The van der Waals surface area contributed by atoms with Crippen LogP contribution in [0.15, 0.2) is 30.5 Å². The maximum atomic E-state index is 12.1. The molecule has 108 valence electrons. The zero-order chi connectivity index (χ0) is 15.0. The molecule has 0 saturated carbocycles. The van der Waals surface area contributed by atoms with Gasteiger partial charge in [0.2, 0.25) is 11.8 Å². The molecule has 2 amide bonds. The normalized spacial score (nSPS) is 18.4. The van der Waals surface area contributed by atoms with E-state index in [9.17, 15) is 9.59 Å². The number of nitrogens with two attached hydrogens (primary N) is 2. The number of hydrogen-bond acceptors (Lipinski definition) is 4. The Balaban J connectivity index is 1.84. The SMILES string of the molecule is NC(=O)[C@@H]1CCN(Cc2ccc3nccc(N)c3c2)C1=O. The van der Waals surface area contributed by atoms with E-state index in [0.29, 0.717) is 25.2 Å². The van der Waals surface area contributed by atoms with Crippen LogP contribution in [-0.2, 0) is 16.1 Å². The molecule has 0 bridgehead atoms. The maximum Gasteiger partial charge on any atom is 0.235 e. The topological polar surface area (TPSA) is 102 Å². The van der Waals surface area contributed by atoms with Gasteiger partial charge >= 0.3 is 0 Å². The zero-order valence-electron chi connectivity index (χ0n) is 11.5. The van der Waals surface area contributed by atoms with E-state index in [2.05, 4.69) is 4.98 Å². The van der Waals surface area contributed by atoms with Crippen LogP contribution in [0.3, 0.4) is 0 Å². The molecule has 1 aromatic carbocycles. The highest BCUT2D eigenvalue weighted by Crippen LogP contribution is 2.24. The molecule has 0 unspecified atom stereocenters. The van der Waals surface area contributed by atoms with Crippen LogP contribution in [0, 0.1) is 5.92 Å². The van der Waals surface area contributed by atoms with E-state index in [-0.39, 0.29) is 5.91 Å². The molecule has 2 heterocycles. The predicted molar refractivity (Wildman–Crippen MR) is 78.9 cm³/mol. The Morgan fingerprint density at radius 1 is 1.38 bits per heavy atom. The minimum absolute atomic E-state index is 0.193. The van der Waals surface area contributed by atoms with Crippen molar-refractivity contribution in [2.24, 2.45) is 11.7 Å². The number of anilines is 1. The van der Waals surface area contributed by atoms with Crippen molar-refractivity contribution in [1.29, 1.82) is 0 Å². The lowest BCUT2D eigenvalue weighted by Crippen LogP contribution is -2.33. The van der Waals surface area contributed by atoms with Crippen LogP contribution >= 0.6 is 0 Å². The van der Waals surface area contributed by atoms with Gasteiger partial charge in [-0.05, 0) is 30.2 Å². The van der Waals surface area contributed by atoms with Crippen LogP contribution in [-0.4, -0.2) is 28.2 Å². The number of rotatable bonds is 3. The molecule has 1 aliphatic heterocycles. The van der Waals surface area contributed by atoms with Gasteiger partial charge in [-0.2, -0.15) is 0 Å². The van der Waals surface area contributed by atoms with Crippen molar-refractivity contribution < 1.29 is 9.59 Å². The molecule has 6 heteroatoms. The highest BCUT2D eigenvalue weighted by Gasteiger charge is 2.35. The fraction of sp³-hybridized carbons (Fsp3) is 0.267. The summed E-state index contributed by atoms with van der Waals surface area (Å²) in [4.78, 5) is 29.1. The monoisotopic (exact) mass is 284 g/mol. The van der Waals surface area contributed by atoms with Gasteiger partial charge in [0.05, 0.1) is 5.52 Å². The summed E-state index contributed by atoms with van der Waals surface area (Å²) in [5.74, 6) is -1.42. The molecule has 4 N–H and O–H groups in total. The molecule has 21 heavy (non-hydrogen) atoms. The fourth-order valence-corrected chi connectivity index (χ4v) is 2.69. The number of nitrogens with zero attached hydrogens (tertiary/aromatic N) is 2. The van der Waals surface area contributed by atoms with Crippen LogP contribution in [0.2, 0.25) is 0 Å². The van der Waals surface area contributed by atoms with Gasteiger partial charge in [0.15, 0.2) is 0 Å². The lowest BCUT2D eigenvalue weighted by Gasteiger charge is -2.16. The summed E-state index contributed by atoms with van der Waals surface area (Å²) in [5, 5.41) is 0.869. The van der Waals surface area contributed by atoms with Gasteiger partial charge in [0.1, 0.15) is 5.92 Å². The quantitative estimate of drug-likeness (QED) is 0.808. The van der Waals surface area contributed by atoms with E-state index in [1.807, 2.05) is 18.2 Å². The van der Waals surface area contributed by atoms with E-state index < -0.39 is 11.8 Å². The summed E-state index contributed by atoms with van der Waals surface area (Å²) < 4.78 is 0. The Hall–Kier alpha value is -2.63. The molecular weight excluding hydrogens is 268 g/mol. The number of hydrogen-bond donors (Lipinski definition) is 2. The Bertz CT molecular complexity index is 729. The van der Waals surface area contributed by atoms with E-state index in [1.54, 1.807) is 17.2 Å².